The fourth-order valence-electron chi connectivity index (χ4n) is 2.30. The molecule has 0 saturated carbocycles. The molecule has 110 valence electrons. The molecule has 0 saturated heterocycles. The van der Waals surface area contributed by atoms with E-state index in [9.17, 15) is 0 Å². The first kappa shape index (κ1) is 14.5. The van der Waals surface area contributed by atoms with Gasteiger partial charge in [0.15, 0.2) is 5.15 Å². The van der Waals surface area contributed by atoms with Crippen LogP contribution < -0.4 is 4.74 Å². The highest BCUT2D eigenvalue weighted by Crippen LogP contribution is 2.25. The van der Waals surface area contributed by atoms with E-state index in [1.54, 1.807) is 13.3 Å². The monoisotopic (exact) mass is 310 g/mol. The molecule has 0 aliphatic carbocycles. The molecule has 0 atom stereocenters. The highest BCUT2D eigenvalue weighted by atomic mass is 35.5. The van der Waals surface area contributed by atoms with E-state index in [-0.39, 0.29) is 0 Å². The highest BCUT2D eigenvalue weighted by molar-refractivity contribution is 6.30. The third-order valence-corrected chi connectivity index (χ3v) is 3.73. The molecule has 0 unspecified atom stereocenters. The van der Waals surface area contributed by atoms with Crippen molar-refractivity contribution in [1.82, 2.24) is 9.97 Å². The van der Waals surface area contributed by atoms with Crippen molar-refractivity contribution < 1.29 is 4.74 Å². The molecule has 0 spiro atoms. The Hall–Kier alpha value is -2.39. The zero-order chi connectivity index (χ0) is 15.4. The Balaban J connectivity index is 1.97. The Morgan fingerprint density at radius 3 is 2.50 bits per heavy atom. The number of ether oxygens (including phenoxy) is 1. The van der Waals surface area contributed by atoms with Crippen LogP contribution in [0.1, 0.15) is 11.3 Å². The Morgan fingerprint density at radius 1 is 1.00 bits per heavy atom. The fourth-order valence-corrected chi connectivity index (χ4v) is 2.46. The van der Waals surface area contributed by atoms with E-state index in [0.29, 0.717) is 11.6 Å². The first-order chi connectivity index (χ1) is 10.8. The summed E-state index contributed by atoms with van der Waals surface area (Å²) in [6.07, 6.45) is 2.28. The summed E-state index contributed by atoms with van der Waals surface area (Å²) in [5, 5.41) is 0.422. The number of methoxy groups -OCH3 is 1. The molecule has 4 heteroatoms. The molecule has 3 aromatic rings. The van der Waals surface area contributed by atoms with Crippen LogP contribution in [0, 0.1) is 0 Å². The molecule has 2 aromatic carbocycles. The predicted octanol–water partition coefficient (Wildman–Crippen LogP) is 4.40. The van der Waals surface area contributed by atoms with Crippen molar-refractivity contribution in [2.45, 2.75) is 6.42 Å². The molecule has 0 amide bonds. The van der Waals surface area contributed by atoms with Gasteiger partial charge in [0.2, 0.25) is 0 Å². The highest BCUT2D eigenvalue weighted by Gasteiger charge is 2.10. The Morgan fingerprint density at radius 2 is 1.73 bits per heavy atom. The molecule has 0 aliphatic heterocycles. The second-order valence-corrected chi connectivity index (χ2v) is 5.21. The topological polar surface area (TPSA) is 35.0 Å². The molecule has 0 bridgehead atoms. The number of hydrogen-bond acceptors (Lipinski definition) is 3. The van der Waals surface area contributed by atoms with Gasteiger partial charge in [-0.25, -0.2) is 9.97 Å². The van der Waals surface area contributed by atoms with E-state index >= 15 is 0 Å². The van der Waals surface area contributed by atoms with Gasteiger partial charge in [-0.15, -0.1) is 0 Å². The number of halogens is 1. The molecule has 0 N–H and O–H groups in total. The maximum Gasteiger partial charge on any atom is 0.150 e. The van der Waals surface area contributed by atoms with Crippen LogP contribution in [0.3, 0.4) is 0 Å². The SMILES string of the molecule is COc1ccccc1Cc1nc(-c2ccccc2)cnc1Cl. The summed E-state index contributed by atoms with van der Waals surface area (Å²) in [6, 6.07) is 17.8. The minimum atomic E-state index is 0.422. The van der Waals surface area contributed by atoms with Gasteiger partial charge in [0.1, 0.15) is 5.75 Å². The van der Waals surface area contributed by atoms with Crippen molar-refractivity contribution in [2.24, 2.45) is 0 Å². The van der Waals surface area contributed by atoms with Gasteiger partial charge in [0.25, 0.3) is 0 Å². The maximum absolute atomic E-state index is 6.21. The summed E-state index contributed by atoms with van der Waals surface area (Å²) in [5.41, 5.74) is 3.61. The van der Waals surface area contributed by atoms with Crippen molar-refractivity contribution in [2.75, 3.05) is 7.11 Å². The summed E-state index contributed by atoms with van der Waals surface area (Å²) in [6.45, 7) is 0. The van der Waals surface area contributed by atoms with E-state index < -0.39 is 0 Å². The molecular weight excluding hydrogens is 296 g/mol. The molecule has 1 aromatic heterocycles. The van der Waals surface area contributed by atoms with Gasteiger partial charge in [0, 0.05) is 17.5 Å². The zero-order valence-electron chi connectivity index (χ0n) is 12.2. The normalized spacial score (nSPS) is 10.5. The van der Waals surface area contributed by atoms with Gasteiger partial charge >= 0.3 is 0 Å². The molecule has 22 heavy (non-hydrogen) atoms. The first-order valence-corrected chi connectivity index (χ1v) is 7.34. The maximum atomic E-state index is 6.21. The van der Waals surface area contributed by atoms with Crippen LogP contribution in [0.5, 0.6) is 5.75 Å². The summed E-state index contributed by atoms with van der Waals surface area (Å²) < 4.78 is 5.38. The Labute approximate surface area is 134 Å². The molecule has 3 nitrogen and oxygen atoms in total. The second-order valence-electron chi connectivity index (χ2n) is 4.85. The van der Waals surface area contributed by atoms with E-state index in [2.05, 4.69) is 9.97 Å². The van der Waals surface area contributed by atoms with E-state index in [0.717, 1.165) is 28.3 Å². The third-order valence-electron chi connectivity index (χ3n) is 3.41. The first-order valence-electron chi connectivity index (χ1n) is 6.96. The van der Waals surface area contributed by atoms with Crippen LogP contribution in [0.4, 0.5) is 0 Å². The third kappa shape index (κ3) is 3.10. The average molecular weight is 311 g/mol. The Bertz CT molecular complexity index is 775. The smallest absolute Gasteiger partial charge is 0.150 e. The van der Waals surface area contributed by atoms with Crippen molar-refractivity contribution in [1.29, 1.82) is 0 Å². The lowest BCUT2D eigenvalue weighted by Gasteiger charge is -2.09. The van der Waals surface area contributed by atoms with Crippen LogP contribution in [0.25, 0.3) is 11.3 Å². The lowest BCUT2D eigenvalue weighted by atomic mass is 10.1. The summed E-state index contributed by atoms with van der Waals surface area (Å²) in [4.78, 5) is 8.93. The van der Waals surface area contributed by atoms with E-state index in [1.807, 2.05) is 54.6 Å². The molecular formula is C18H15ClN2O. The predicted molar refractivity (Wildman–Crippen MR) is 88.3 cm³/mol. The van der Waals surface area contributed by atoms with Crippen LogP contribution >= 0.6 is 11.6 Å². The van der Waals surface area contributed by atoms with Crippen molar-refractivity contribution >= 4 is 11.6 Å². The largest absolute Gasteiger partial charge is 0.496 e. The summed E-state index contributed by atoms with van der Waals surface area (Å²) >= 11 is 6.21. The molecule has 0 fully saturated rings. The van der Waals surface area contributed by atoms with Crippen molar-refractivity contribution in [3.05, 3.63) is 77.2 Å². The fraction of sp³-hybridized carbons (Fsp3) is 0.111. The van der Waals surface area contributed by atoms with Gasteiger partial charge in [0.05, 0.1) is 24.7 Å². The van der Waals surface area contributed by atoms with Crippen LogP contribution in [-0.2, 0) is 6.42 Å². The van der Waals surface area contributed by atoms with Crippen LogP contribution in [-0.4, -0.2) is 17.1 Å². The van der Waals surface area contributed by atoms with Gasteiger partial charge in [-0.3, -0.25) is 0 Å². The van der Waals surface area contributed by atoms with Gasteiger partial charge in [-0.05, 0) is 6.07 Å². The van der Waals surface area contributed by atoms with Gasteiger partial charge in [-0.1, -0.05) is 60.1 Å². The van der Waals surface area contributed by atoms with Crippen molar-refractivity contribution in [3.8, 4) is 17.0 Å². The lowest BCUT2D eigenvalue weighted by Crippen LogP contribution is -2.00. The van der Waals surface area contributed by atoms with Crippen LogP contribution in [0.2, 0.25) is 5.15 Å². The number of aromatic nitrogens is 2. The van der Waals surface area contributed by atoms with Crippen LogP contribution in [0.15, 0.2) is 60.8 Å². The number of benzene rings is 2. The number of rotatable bonds is 4. The van der Waals surface area contributed by atoms with E-state index in [1.165, 1.54) is 0 Å². The van der Waals surface area contributed by atoms with Crippen molar-refractivity contribution in [3.63, 3.8) is 0 Å². The Kier molecular flexibility index (Phi) is 4.35. The summed E-state index contributed by atoms with van der Waals surface area (Å²) in [7, 11) is 1.66. The molecule has 3 rings (SSSR count). The zero-order valence-corrected chi connectivity index (χ0v) is 12.9. The molecule has 1 heterocycles. The second kappa shape index (κ2) is 6.58. The quantitative estimate of drug-likeness (QED) is 0.716. The van der Waals surface area contributed by atoms with Gasteiger partial charge in [-0.2, -0.15) is 0 Å². The lowest BCUT2D eigenvalue weighted by molar-refractivity contribution is 0.410. The molecule has 0 aliphatic rings. The van der Waals surface area contributed by atoms with E-state index in [4.69, 9.17) is 16.3 Å². The average Bonchev–Trinajstić information content (AvgIpc) is 2.58. The number of para-hydroxylation sites is 1. The minimum absolute atomic E-state index is 0.422. The van der Waals surface area contributed by atoms with Gasteiger partial charge < -0.3 is 4.74 Å². The molecule has 0 radical (unpaired) electrons. The standard InChI is InChI=1S/C18H15ClN2O/c1-22-17-10-6-5-9-14(17)11-15-18(19)20-12-16(21-15)13-7-3-2-4-8-13/h2-10,12H,11H2,1H3. The minimum Gasteiger partial charge on any atom is -0.496 e. The number of hydrogen-bond donors (Lipinski definition) is 0. The number of nitrogens with zero attached hydrogens (tertiary/aromatic N) is 2. The summed E-state index contributed by atoms with van der Waals surface area (Å²) in [5.74, 6) is 0.825.